The normalized spacial score (nSPS) is 16.3. The first-order chi connectivity index (χ1) is 14.5. The number of ether oxygens (including phenoxy) is 1. The van der Waals surface area contributed by atoms with E-state index in [9.17, 15) is 4.79 Å². The van der Waals surface area contributed by atoms with Crippen molar-refractivity contribution in [3.63, 3.8) is 0 Å². The Labute approximate surface area is 176 Å². The van der Waals surface area contributed by atoms with Gasteiger partial charge in [0.2, 0.25) is 0 Å². The number of carbonyl (C=O) groups is 1. The summed E-state index contributed by atoms with van der Waals surface area (Å²) in [6, 6.07) is 15.7. The van der Waals surface area contributed by atoms with Gasteiger partial charge in [0, 0.05) is 36.6 Å². The van der Waals surface area contributed by atoms with Gasteiger partial charge in [-0.15, -0.1) is 0 Å². The van der Waals surface area contributed by atoms with E-state index >= 15 is 0 Å². The molecule has 1 atom stereocenters. The molecule has 6 nitrogen and oxygen atoms in total. The maximum atomic E-state index is 12.9. The van der Waals surface area contributed by atoms with E-state index in [1.807, 2.05) is 24.0 Å². The number of hydrogen-bond acceptors (Lipinski definition) is 5. The zero-order valence-corrected chi connectivity index (χ0v) is 17.3. The summed E-state index contributed by atoms with van der Waals surface area (Å²) in [5, 5.41) is 0. The highest BCUT2D eigenvalue weighted by Gasteiger charge is 2.27. The summed E-state index contributed by atoms with van der Waals surface area (Å²) in [5.74, 6) is 1.46. The molecule has 2 N–H and O–H groups in total. The second-order valence-electron chi connectivity index (χ2n) is 7.71. The number of nitrogens with two attached hydrogens (primary N) is 1. The monoisotopic (exact) mass is 402 g/mol. The maximum absolute atomic E-state index is 12.9. The number of anilines is 1. The number of pyridine rings is 2. The fraction of sp³-hybridized carbons (Fsp3) is 0.292. The lowest BCUT2D eigenvalue weighted by molar-refractivity contribution is 0.0705. The molecule has 0 aliphatic carbocycles. The molecule has 1 aromatic carbocycles. The number of rotatable bonds is 4. The fourth-order valence-corrected chi connectivity index (χ4v) is 3.97. The third-order valence-corrected chi connectivity index (χ3v) is 5.56. The van der Waals surface area contributed by atoms with Gasteiger partial charge in [0.15, 0.2) is 0 Å². The van der Waals surface area contributed by atoms with Gasteiger partial charge in [-0.3, -0.25) is 9.78 Å². The Morgan fingerprint density at radius 2 is 1.93 bits per heavy atom. The first-order valence-electron chi connectivity index (χ1n) is 10.2. The van der Waals surface area contributed by atoms with Crippen LogP contribution in [-0.4, -0.2) is 41.0 Å². The SMILES string of the molecule is COc1ccc(-c2cc(C)nc([C@H]3CCCN(C(=O)c4ccc(N)nc4)C3)c2)cc1. The van der Waals surface area contributed by atoms with Gasteiger partial charge in [-0.1, -0.05) is 12.1 Å². The molecule has 1 fully saturated rings. The van der Waals surface area contributed by atoms with Crippen LogP contribution in [0.2, 0.25) is 0 Å². The largest absolute Gasteiger partial charge is 0.497 e. The Bertz CT molecular complexity index is 1030. The van der Waals surface area contributed by atoms with E-state index in [-0.39, 0.29) is 11.8 Å². The first kappa shape index (κ1) is 19.9. The minimum absolute atomic E-state index is 0.00442. The van der Waals surface area contributed by atoms with Crippen LogP contribution < -0.4 is 10.5 Å². The second-order valence-corrected chi connectivity index (χ2v) is 7.71. The zero-order valence-electron chi connectivity index (χ0n) is 17.3. The van der Waals surface area contributed by atoms with Gasteiger partial charge in [-0.2, -0.15) is 0 Å². The lowest BCUT2D eigenvalue weighted by atomic mass is 9.92. The molecule has 0 saturated carbocycles. The topological polar surface area (TPSA) is 81.3 Å². The number of nitrogen functional groups attached to an aromatic ring is 1. The van der Waals surface area contributed by atoms with Crippen LogP contribution in [-0.2, 0) is 0 Å². The standard InChI is InChI=1S/C24H26N4O2/c1-16-12-20(17-5-8-21(30-2)9-6-17)13-22(27-16)19-4-3-11-28(15-19)24(29)18-7-10-23(25)26-14-18/h5-10,12-14,19H,3-4,11,15H2,1-2H3,(H2,25,26)/t19-/m0/s1. The predicted octanol–water partition coefficient (Wildman–Crippen LogP) is 4.06. The molecule has 1 aliphatic heterocycles. The van der Waals surface area contributed by atoms with Crippen LogP contribution in [0.1, 0.15) is 40.5 Å². The van der Waals surface area contributed by atoms with Crippen LogP contribution in [0.4, 0.5) is 5.82 Å². The van der Waals surface area contributed by atoms with Crippen molar-refractivity contribution in [3.05, 3.63) is 71.7 Å². The number of aryl methyl sites for hydroxylation is 1. The van der Waals surface area contributed by atoms with Crippen molar-refractivity contribution in [2.45, 2.75) is 25.7 Å². The lowest BCUT2D eigenvalue weighted by Gasteiger charge is -2.33. The molecule has 2 aromatic heterocycles. The molecule has 1 amide bonds. The Morgan fingerprint density at radius 1 is 1.13 bits per heavy atom. The van der Waals surface area contributed by atoms with Crippen LogP contribution in [0.15, 0.2) is 54.7 Å². The Morgan fingerprint density at radius 3 is 2.63 bits per heavy atom. The third-order valence-electron chi connectivity index (χ3n) is 5.56. The molecule has 0 radical (unpaired) electrons. The van der Waals surface area contributed by atoms with E-state index in [0.29, 0.717) is 17.9 Å². The zero-order chi connectivity index (χ0) is 21.1. The van der Waals surface area contributed by atoms with Gasteiger partial charge in [0.05, 0.1) is 12.7 Å². The van der Waals surface area contributed by atoms with E-state index in [2.05, 4.69) is 29.2 Å². The summed E-state index contributed by atoms with van der Waals surface area (Å²) in [4.78, 5) is 23.7. The number of amides is 1. The Kier molecular flexibility index (Phi) is 5.65. The Hall–Kier alpha value is -3.41. The highest BCUT2D eigenvalue weighted by atomic mass is 16.5. The number of methoxy groups -OCH3 is 1. The molecule has 0 spiro atoms. The average Bonchev–Trinajstić information content (AvgIpc) is 2.79. The van der Waals surface area contributed by atoms with Gasteiger partial charge >= 0.3 is 0 Å². The van der Waals surface area contributed by atoms with Gasteiger partial charge in [0.1, 0.15) is 11.6 Å². The molecule has 1 aliphatic rings. The molecule has 0 unspecified atom stereocenters. The molecule has 3 heterocycles. The predicted molar refractivity (Wildman–Crippen MR) is 117 cm³/mol. The second kappa shape index (κ2) is 8.53. The van der Waals surface area contributed by atoms with Gasteiger partial charge in [0.25, 0.3) is 5.91 Å². The molecule has 3 aromatic rings. The quantitative estimate of drug-likeness (QED) is 0.712. The minimum Gasteiger partial charge on any atom is -0.497 e. The van der Waals surface area contributed by atoms with Crippen LogP contribution >= 0.6 is 0 Å². The summed E-state index contributed by atoms with van der Waals surface area (Å²) in [7, 11) is 1.67. The maximum Gasteiger partial charge on any atom is 0.255 e. The number of benzene rings is 1. The van der Waals surface area contributed by atoms with Crippen molar-refractivity contribution in [2.75, 3.05) is 25.9 Å². The minimum atomic E-state index is -0.00442. The number of carbonyl (C=O) groups excluding carboxylic acids is 1. The van der Waals surface area contributed by atoms with Crippen LogP contribution in [0, 0.1) is 6.92 Å². The van der Waals surface area contributed by atoms with Crippen molar-refractivity contribution in [3.8, 4) is 16.9 Å². The molecule has 0 bridgehead atoms. The number of nitrogens with zero attached hydrogens (tertiary/aromatic N) is 3. The van der Waals surface area contributed by atoms with Crippen molar-refractivity contribution >= 4 is 11.7 Å². The smallest absolute Gasteiger partial charge is 0.255 e. The summed E-state index contributed by atoms with van der Waals surface area (Å²) >= 11 is 0. The van der Waals surface area contributed by atoms with E-state index in [1.165, 1.54) is 0 Å². The van der Waals surface area contributed by atoms with Crippen molar-refractivity contribution in [2.24, 2.45) is 0 Å². The molecule has 6 heteroatoms. The Balaban J connectivity index is 1.56. The number of likely N-dealkylation sites (tertiary alicyclic amines) is 1. The van der Waals surface area contributed by atoms with Gasteiger partial charge < -0.3 is 15.4 Å². The molecular weight excluding hydrogens is 376 g/mol. The summed E-state index contributed by atoms with van der Waals surface area (Å²) in [5.41, 5.74) is 10.5. The molecule has 4 rings (SSSR count). The average molecular weight is 402 g/mol. The molecule has 1 saturated heterocycles. The molecule has 30 heavy (non-hydrogen) atoms. The van der Waals surface area contributed by atoms with Crippen LogP contribution in [0.3, 0.4) is 0 Å². The van der Waals surface area contributed by atoms with Crippen molar-refractivity contribution in [1.82, 2.24) is 14.9 Å². The number of aromatic nitrogens is 2. The van der Waals surface area contributed by atoms with Crippen LogP contribution in [0.5, 0.6) is 5.75 Å². The summed E-state index contributed by atoms with van der Waals surface area (Å²) in [6.45, 7) is 3.42. The van der Waals surface area contributed by atoms with Crippen molar-refractivity contribution in [1.29, 1.82) is 0 Å². The van der Waals surface area contributed by atoms with E-state index < -0.39 is 0 Å². The fourth-order valence-electron chi connectivity index (χ4n) is 3.97. The van der Waals surface area contributed by atoms with Crippen LogP contribution in [0.25, 0.3) is 11.1 Å². The molecular formula is C24H26N4O2. The van der Waals surface area contributed by atoms with E-state index in [0.717, 1.165) is 47.7 Å². The van der Waals surface area contributed by atoms with Crippen molar-refractivity contribution < 1.29 is 9.53 Å². The highest BCUT2D eigenvalue weighted by molar-refractivity contribution is 5.94. The first-order valence-corrected chi connectivity index (χ1v) is 10.2. The van der Waals surface area contributed by atoms with E-state index in [4.69, 9.17) is 15.5 Å². The summed E-state index contributed by atoms with van der Waals surface area (Å²) in [6.07, 6.45) is 3.52. The van der Waals surface area contributed by atoms with Gasteiger partial charge in [-0.25, -0.2) is 4.98 Å². The number of hydrogen-bond donors (Lipinski definition) is 1. The molecule has 154 valence electrons. The summed E-state index contributed by atoms with van der Waals surface area (Å²) < 4.78 is 5.26. The number of piperidine rings is 1. The third kappa shape index (κ3) is 4.27. The highest BCUT2D eigenvalue weighted by Crippen LogP contribution is 2.31. The van der Waals surface area contributed by atoms with Gasteiger partial charge in [-0.05, 0) is 67.3 Å². The lowest BCUT2D eigenvalue weighted by Crippen LogP contribution is -2.39. The van der Waals surface area contributed by atoms with E-state index in [1.54, 1.807) is 25.4 Å².